The number of nitrogens with zero attached hydrogens (tertiary/aromatic N) is 1. The van der Waals surface area contributed by atoms with Gasteiger partial charge in [-0.3, -0.25) is 4.99 Å². The molecular formula is C19H31N3O2. The number of benzene rings is 1. The lowest BCUT2D eigenvalue weighted by atomic mass is 9.98. The zero-order chi connectivity index (χ0) is 17.0. The first-order chi connectivity index (χ1) is 11.8. The molecule has 0 spiro atoms. The fourth-order valence-electron chi connectivity index (χ4n) is 3.01. The maximum Gasteiger partial charge on any atom is 0.191 e. The first kappa shape index (κ1) is 18.6. The molecule has 134 valence electrons. The highest BCUT2D eigenvalue weighted by Gasteiger charge is 2.13. The molecule has 0 radical (unpaired) electrons. The molecule has 1 saturated carbocycles. The minimum atomic E-state index is 0.488. The van der Waals surface area contributed by atoms with Crippen LogP contribution in [0.1, 0.15) is 44.1 Å². The summed E-state index contributed by atoms with van der Waals surface area (Å²) in [5, 5.41) is 6.65. The van der Waals surface area contributed by atoms with Crippen molar-refractivity contribution in [2.24, 2.45) is 4.99 Å². The van der Waals surface area contributed by atoms with Crippen molar-refractivity contribution in [3.8, 4) is 5.75 Å². The Morgan fingerprint density at radius 3 is 2.71 bits per heavy atom. The van der Waals surface area contributed by atoms with Crippen LogP contribution in [0.4, 0.5) is 0 Å². The third-order valence-corrected chi connectivity index (χ3v) is 4.38. The molecule has 1 aliphatic rings. The molecule has 1 aromatic carbocycles. The Hall–Kier alpha value is -1.75. The standard InChI is InChI=1S/C19H31N3O2/c1-20-19(22-15-16-9-6-7-12-18(16)23-2)21-13-8-14-24-17-10-4-3-5-11-17/h6-7,9,12,17H,3-5,8,10-11,13-15H2,1-2H3,(H2,20,21,22). The van der Waals surface area contributed by atoms with Crippen molar-refractivity contribution in [2.45, 2.75) is 51.2 Å². The van der Waals surface area contributed by atoms with Crippen molar-refractivity contribution in [1.29, 1.82) is 0 Å². The van der Waals surface area contributed by atoms with E-state index >= 15 is 0 Å². The van der Waals surface area contributed by atoms with E-state index < -0.39 is 0 Å². The van der Waals surface area contributed by atoms with Crippen molar-refractivity contribution in [2.75, 3.05) is 27.3 Å². The second-order valence-corrected chi connectivity index (χ2v) is 6.15. The topological polar surface area (TPSA) is 54.9 Å². The van der Waals surface area contributed by atoms with Gasteiger partial charge in [0, 0.05) is 32.3 Å². The summed E-state index contributed by atoms with van der Waals surface area (Å²) in [5.74, 6) is 1.69. The van der Waals surface area contributed by atoms with Gasteiger partial charge in [-0.1, -0.05) is 37.5 Å². The van der Waals surface area contributed by atoms with Crippen molar-refractivity contribution >= 4 is 5.96 Å². The van der Waals surface area contributed by atoms with Gasteiger partial charge < -0.3 is 20.1 Å². The molecule has 2 N–H and O–H groups in total. The molecule has 1 aliphatic carbocycles. The van der Waals surface area contributed by atoms with E-state index in [2.05, 4.69) is 21.7 Å². The Morgan fingerprint density at radius 1 is 1.17 bits per heavy atom. The number of aliphatic imine (C=N–C) groups is 1. The smallest absolute Gasteiger partial charge is 0.191 e. The van der Waals surface area contributed by atoms with E-state index in [4.69, 9.17) is 9.47 Å². The Kier molecular flexibility index (Phi) is 8.46. The van der Waals surface area contributed by atoms with Crippen molar-refractivity contribution in [1.82, 2.24) is 10.6 Å². The second-order valence-electron chi connectivity index (χ2n) is 6.15. The Bertz CT molecular complexity index is 499. The summed E-state index contributed by atoms with van der Waals surface area (Å²) in [6.07, 6.45) is 7.96. The minimum Gasteiger partial charge on any atom is -0.496 e. The summed E-state index contributed by atoms with van der Waals surface area (Å²) >= 11 is 0. The number of methoxy groups -OCH3 is 1. The normalized spacial score (nSPS) is 16.0. The lowest BCUT2D eigenvalue weighted by Gasteiger charge is -2.22. The summed E-state index contributed by atoms with van der Waals surface area (Å²) in [5.41, 5.74) is 1.11. The molecule has 0 heterocycles. The van der Waals surface area contributed by atoms with Crippen molar-refractivity contribution < 1.29 is 9.47 Å². The average molecular weight is 333 g/mol. The third-order valence-electron chi connectivity index (χ3n) is 4.38. The second kappa shape index (κ2) is 10.9. The van der Waals surface area contributed by atoms with E-state index in [0.29, 0.717) is 12.6 Å². The molecule has 1 fully saturated rings. The molecule has 1 aromatic rings. The molecule has 2 rings (SSSR count). The Balaban J connectivity index is 1.61. The zero-order valence-electron chi connectivity index (χ0n) is 15.0. The van der Waals surface area contributed by atoms with Crippen LogP contribution < -0.4 is 15.4 Å². The Labute approximate surface area is 145 Å². The van der Waals surface area contributed by atoms with Crippen LogP contribution >= 0.6 is 0 Å². The average Bonchev–Trinajstić information content (AvgIpc) is 2.65. The van der Waals surface area contributed by atoms with Crippen LogP contribution in [0.15, 0.2) is 29.3 Å². The third kappa shape index (κ3) is 6.40. The lowest BCUT2D eigenvalue weighted by molar-refractivity contribution is 0.0277. The highest BCUT2D eigenvalue weighted by Crippen LogP contribution is 2.20. The highest BCUT2D eigenvalue weighted by molar-refractivity contribution is 5.79. The molecule has 0 amide bonds. The van der Waals surface area contributed by atoms with Gasteiger partial charge in [-0.15, -0.1) is 0 Å². The maximum absolute atomic E-state index is 5.94. The summed E-state index contributed by atoms with van der Waals surface area (Å²) in [6.45, 7) is 2.36. The van der Waals surface area contributed by atoms with Crippen molar-refractivity contribution in [3.63, 3.8) is 0 Å². The predicted octanol–water partition coefficient (Wildman–Crippen LogP) is 3.10. The predicted molar refractivity (Wildman–Crippen MR) is 98.6 cm³/mol. The van der Waals surface area contributed by atoms with Crippen molar-refractivity contribution in [3.05, 3.63) is 29.8 Å². The molecule has 24 heavy (non-hydrogen) atoms. The van der Waals surface area contributed by atoms with Gasteiger partial charge in [0.05, 0.1) is 13.2 Å². The number of hydrogen-bond donors (Lipinski definition) is 2. The SMILES string of the molecule is CN=C(NCCCOC1CCCCC1)NCc1ccccc1OC. The summed E-state index contributed by atoms with van der Waals surface area (Å²) in [4.78, 5) is 4.26. The molecule has 0 bridgehead atoms. The van der Waals surface area contributed by atoms with Gasteiger partial charge >= 0.3 is 0 Å². The number of hydrogen-bond acceptors (Lipinski definition) is 3. The van der Waals surface area contributed by atoms with E-state index in [1.807, 2.05) is 18.2 Å². The van der Waals surface area contributed by atoms with Crippen LogP contribution in [-0.4, -0.2) is 39.4 Å². The van der Waals surface area contributed by atoms with Gasteiger partial charge in [0.15, 0.2) is 5.96 Å². The fourth-order valence-corrected chi connectivity index (χ4v) is 3.01. The van der Waals surface area contributed by atoms with Gasteiger partial charge in [0.2, 0.25) is 0 Å². The zero-order valence-corrected chi connectivity index (χ0v) is 15.0. The Morgan fingerprint density at radius 2 is 1.96 bits per heavy atom. The molecule has 5 nitrogen and oxygen atoms in total. The fraction of sp³-hybridized carbons (Fsp3) is 0.632. The number of nitrogens with one attached hydrogen (secondary N) is 2. The molecule has 5 heteroatoms. The highest BCUT2D eigenvalue weighted by atomic mass is 16.5. The van der Waals surface area contributed by atoms with Gasteiger partial charge in [-0.25, -0.2) is 0 Å². The largest absolute Gasteiger partial charge is 0.496 e. The number of ether oxygens (including phenoxy) is 2. The summed E-state index contributed by atoms with van der Waals surface area (Å²) in [7, 11) is 3.48. The minimum absolute atomic E-state index is 0.488. The van der Waals surface area contributed by atoms with E-state index in [1.165, 1.54) is 32.1 Å². The van der Waals surface area contributed by atoms with E-state index in [9.17, 15) is 0 Å². The summed E-state index contributed by atoms with van der Waals surface area (Å²) < 4.78 is 11.3. The molecule has 0 aliphatic heterocycles. The van der Waals surface area contributed by atoms with Crippen LogP contribution in [0.5, 0.6) is 5.75 Å². The quantitative estimate of drug-likeness (QED) is 0.436. The van der Waals surface area contributed by atoms with E-state index in [-0.39, 0.29) is 0 Å². The van der Waals surface area contributed by atoms with Gasteiger partial charge in [0.1, 0.15) is 5.75 Å². The number of rotatable bonds is 8. The van der Waals surface area contributed by atoms with Crippen LogP contribution in [-0.2, 0) is 11.3 Å². The monoisotopic (exact) mass is 333 g/mol. The molecular weight excluding hydrogens is 302 g/mol. The first-order valence-electron chi connectivity index (χ1n) is 9.01. The molecule has 0 atom stereocenters. The van der Waals surface area contributed by atoms with E-state index in [0.717, 1.165) is 36.8 Å². The van der Waals surface area contributed by atoms with Gasteiger partial charge in [-0.2, -0.15) is 0 Å². The van der Waals surface area contributed by atoms with Crippen LogP contribution in [0.2, 0.25) is 0 Å². The van der Waals surface area contributed by atoms with Crippen LogP contribution in [0, 0.1) is 0 Å². The molecule has 0 aromatic heterocycles. The number of para-hydroxylation sites is 1. The maximum atomic E-state index is 5.94. The van der Waals surface area contributed by atoms with Crippen LogP contribution in [0.3, 0.4) is 0 Å². The van der Waals surface area contributed by atoms with Crippen LogP contribution in [0.25, 0.3) is 0 Å². The molecule has 0 saturated heterocycles. The summed E-state index contributed by atoms with van der Waals surface area (Å²) in [6, 6.07) is 8.01. The lowest BCUT2D eigenvalue weighted by Crippen LogP contribution is -2.37. The number of guanidine groups is 1. The van der Waals surface area contributed by atoms with Gasteiger partial charge in [0.25, 0.3) is 0 Å². The first-order valence-corrected chi connectivity index (χ1v) is 9.01. The van der Waals surface area contributed by atoms with E-state index in [1.54, 1.807) is 14.2 Å². The molecule has 0 unspecified atom stereocenters. The van der Waals surface area contributed by atoms with Gasteiger partial charge in [-0.05, 0) is 25.3 Å².